The van der Waals surface area contributed by atoms with Gasteiger partial charge in [0, 0.05) is 24.3 Å². The minimum atomic E-state index is 0. The normalized spacial score (nSPS) is 8.80. The van der Waals surface area contributed by atoms with Crippen LogP contribution in [0.1, 0.15) is 0 Å². The first-order valence-corrected chi connectivity index (χ1v) is 5.20. The summed E-state index contributed by atoms with van der Waals surface area (Å²) in [5, 5.41) is 8.04. The molecule has 3 heterocycles. The molecule has 0 spiro atoms. The second-order valence-corrected chi connectivity index (χ2v) is 3.49. The quantitative estimate of drug-likeness (QED) is 0.426. The SMILES string of the molecule is O.[Br-].[Br-].c1cc(-c2nnc(-c3cc[nH+]cc3)o2)cc[nH+]1. The standard InChI is InChI=1S/C12H8N4O.2BrH.H2O/c1-5-13-6-2-9(1)11-15-16-12(17-11)10-3-7-14-8-4-10;;;/h1-8H;2*1H;1H2. The lowest BCUT2D eigenvalue weighted by Crippen LogP contribution is -3.00. The van der Waals surface area contributed by atoms with E-state index < -0.39 is 0 Å². The Bertz CT molecular complexity index is 566. The van der Waals surface area contributed by atoms with Crippen molar-refractivity contribution >= 4 is 0 Å². The number of nitrogens with one attached hydrogen (secondary N) is 2. The van der Waals surface area contributed by atoms with Crippen LogP contribution >= 0.6 is 0 Å². The van der Waals surface area contributed by atoms with E-state index in [-0.39, 0.29) is 39.4 Å². The van der Waals surface area contributed by atoms with Gasteiger partial charge in [-0.1, -0.05) is 0 Å². The van der Waals surface area contributed by atoms with E-state index in [1.807, 2.05) is 49.1 Å². The van der Waals surface area contributed by atoms with E-state index in [0.717, 1.165) is 11.1 Å². The van der Waals surface area contributed by atoms with Crippen molar-refractivity contribution in [3.05, 3.63) is 49.1 Å². The zero-order valence-corrected chi connectivity index (χ0v) is 13.3. The summed E-state index contributed by atoms with van der Waals surface area (Å²) in [7, 11) is 0. The van der Waals surface area contributed by atoms with Gasteiger partial charge in [0.25, 0.3) is 0 Å². The Morgan fingerprint density at radius 2 is 1.05 bits per heavy atom. The second kappa shape index (κ2) is 8.51. The van der Waals surface area contributed by atoms with Crippen LogP contribution in [0.3, 0.4) is 0 Å². The summed E-state index contributed by atoms with van der Waals surface area (Å²) in [6.07, 6.45) is 7.26. The highest BCUT2D eigenvalue weighted by Gasteiger charge is 2.10. The Hall–Kier alpha value is -1.64. The molecule has 4 N–H and O–H groups in total. The number of pyridine rings is 2. The van der Waals surface area contributed by atoms with E-state index in [1.54, 1.807) is 0 Å². The fraction of sp³-hybridized carbons (Fsp3) is 0. The van der Waals surface area contributed by atoms with Crippen molar-refractivity contribution < 1.29 is 53.8 Å². The smallest absolute Gasteiger partial charge is 0.248 e. The third-order valence-electron chi connectivity index (χ3n) is 2.36. The molecule has 3 aromatic heterocycles. The summed E-state index contributed by atoms with van der Waals surface area (Å²) >= 11 is 0. The maximum Gasteiger partial charge on any atom is 0.248 e. The highest BCUT2D eigenvalue weighted by molar-refractivity contribution is 5.56. The van der Waals surface area contributed by atoms with Gasteiger partial charge in [0.15, 0.2) is 24.8 Å². The molecule has 0 aliphatic rings. The van der Waals surface area contributed by atoms with Crippen molar-refractivity contribution in [2.45, 2.75) is 0 Å². The molecule has 0 amide bonds. The van der Waals surface area contributed by atoms with Crippen LogP contribution in [-0.4, -0.2) is 15.7 Å². The Balaban J connectivity index is 0.00000120. The fourth-order valence-electron chi connectivity index (χ4n) is 1.52. The minimum absolute atomic E-state index is 0. The van der Waals surface area contributed by atoms with Gasteiger partial charge in [-0.05, 0) is 0 Å². The molecular weight excluding hydrogens is 392 g/mol. The number of hydrogen-bond donors (Lipinski definition) is 0. The van der Waals surface area contributed by atoms with Crippen molar-refractivity contribution in [1.29, 1.82) is 0 Å². The molecule has 20 heavy (non-hydrogen) atoms. The molecule has 106 valence electrons. The van der Waals surface area contributed by atoms with Crippen LogP contribution in [-0.2, 0) is 0 Å². The highest BCUT2D eigenvalue weighted by Crippen LogP contribution is 2.21. The van der Waals surface area contributed by atoms with E-state index in [4.69, 9.17) is 4.42 Å². The Labute approximate surface area is 136 Å². The molecule has 0 aromatic carbocycles. The summed E-state index contributed by atoms with van der Waals surface area (Å²) in [6.45, 7) is 0. The van der Waals surface area contributed by atoms with E-state index in [0.29, 0.717) is 11.8 Å². The number of aromatic nitrogens is 4. The summed E-state index contributed by atoms with van der Waals surface area (Å²) in [5.74, 6) is 1.03. The van der Waals surface area contributed by atoms with Gasteiger partial charge in [0.2, 0.25) is 11.8 Å². The summed E-state index contributed by atoms with van der Waals surface area (Å²) in [6, 6.07) is 7.54. The van der Waals surface area contributed by atoms with Crippen LogP contribution in [0, 0.1) is 0 Å². The number of H-pyrrole nitrogens is 2. The molecule has 3 aromatic rings. The van der Waals surface area contributed by atoms with Crippen molar-refractivity contribution in [3.63, 3.8) is 0 Å². The van der Waals surface area contributed by atoms with Crippen LogP contribution in [0.25, 0.3) is 22.9 Å². The molecule has 8 heteroatoms. The molecule has 0 fully saturated rings. The molecule has 0 aliphatic heterocycles. The van der Waals surface area contributed by atoms with Crippen LogP contribution in [0.2, 0.25) is 0 Å². The first kappa shape index (κ1) is 18.4. The largest absolute Gasteiger partial charge is 1.00 e. The fourth-order valence-corrected chi connectivity index (χ4v) is 1.52. The number of hydrogen-bond acceptors (Lipinski definition) is 3. The van der Waals surface area contributed by atoms with Crippen LogP contribution in [0.5, 0.6) is 0 Å². The van der Waals surface area contributed by atoms with Gasteiger partial charge in [-0.3, -0.25) is 0 Å². The Kier molecular flexibility index (Phi) is 7.82. The van der Waals surface area contributed by atoms with Crippen LogP contribution < -0.4 is 43.9 Å². The monoisotopic (exact) mass is 402 g/mol. The minimum Gasteiger partial charge on any atom is -1.00 e. The van der Waals surface area contributed by atoms with E-state index >= 15 is 0 Å². The van der Waals surface area contributed by atoms with Gasteiger partial charge in [-0.2, -0.15) is 0 Å². The van der Waals surface area contributed by atoms with Gasteiger partial charge in [0.05, 0.1) is 11.1 Å². The summed E-state index contributed by atoms with van der Waals surface area (Å²) < 4.78 is 5.61. The third kappa shape index (κ3) is 3.92. The summed E-state index contributed by atoms with van der Waals surface area (Å²) in [5.41, 5.74) is 1.79. The molecule has 6 nitrogen and oxygen atoms in total. The topological polar surface area (TPSA) is 98.7 Å². The molecule has 0 aliphatic carbocycles. The first-order valence-electron chi connectivity index (χ1n) is 5.20. The average molecular weight is 404 g/mol. The lowest BCUT2D eigenvalue weighted by Gasteiger charge is -1.90. The predicted octanol–water partition coefficient (Wildman–Crippen LogP) is -5.78. The number of rotatable bonds is 2. The predicted molar refractivity (Wildman–Crippen MR) is 61.9 cm³/mol. The highest BCUT2D eigenvalue weighted by atomic mass is 79.9. The van der Waals surface area contributed by atoms with Gasteiger partial charge < -0.3 is 43.9 Å². The summed E-state index contributed by atoms with van der Waals surface area (Å²) in [4.78, 5) is 5.89. The van der Waals surface area contributed by atoms with Crippen LogP contribution in [0.15, 0.2) is 53.5 Å². The number of aromatic amines is 2. The van der Waals surface area contributed by atoms with Gasteiger partial charge >= 0.3 is 0 Å². The number of halogens is 2. The van der Waals surface area contributed by atoms with Gasteiger partial charge in [-0.25, -0.2) is 9.97 Å². The van der Waals surface area contributed by atoms with E-state index in [9.17, 15) is 0 Å². The van der Waals surface area contributed by atoms with Crippen molar-refractivity contribution in [2.24, 2.45) is 0 Å². The maximum absolute atomic E-state index is 5.61. The molecule has 3 rings (SSSR count). The van der Waals surface area contributed by atoms with E-state index in [2.05, 4.69) is 20.2 Å². The van der Waals surface area contributed by atoms with Crippen molar-refractivity contribution in [3.8, 4) is 22.9 Å². The van der Waals surface area contributed by atoms with Crippen molar-refractivity contribution in [1.82, 2.24) is 10.2 Å². The molecule has 0 saturated carbocycles. The third-order valence-corrected chi connectivity index (χ3v) is 2.36. The molecule has 0 radical (unpaired) electrons. The maximum atomic E-state index is 5.61. The first-order chi connectivity index (χ1) is 8.43. The van der Waals surface area contributed by atoms with Gasteiger partial charge in [0.1, 0.15) is 0 Å². The second-order valence-electron chi connectivity index (χ2n) is 3.49. The van der Waals surface area contributed by atoms with Gasteiger partial charge in [-0.15, -0.1) is 10.2 Å². The molecule has 0 bridgehead atoms. The van der Waals surface area contributed by atoms with Crippen LogP contribution in [0.4, 0.5) is 0 Å². The zero-order valence-electron chi connectivity index (χ0n) is 10.2. The zero-order chi connectivity index (χ0) is 11.5. The average Bonchev–Trinajstić information content (AvgIpc) is 2.90. The number of nitrogens with zero attached hydrogens (tertiary/aromatic N) is 2. The lowest BCUT2D eigenvalue weighted by molar-refractivity contribution is -0.378. The van der Waals surface area contributed by atoms with E-state index in [1.165, 1.54) is 0 Å². The molecule has 0 saturated heterocycles. The van der Waals surface area contributed by atoms with Crippen molar-refractivity contribution in [2.75, 3.05) is 0 Å². The Morgan fingerprint density at radius 1 is 0.700 bits per heavy atom. The molecular formula is C12H12Br2N4O2. The Morgan fingerprint density at radius 3 is 1.40 bits per heavy atom. The lowest BCUT2D eigenvalue weighted by atomic mass is 10.3. The molecule has 0 unspecified atom stereocenters. The molecule has 0 atom stereocenters.